The molecule has 1 aromatic heterocycles. The van der Waals surface area contributed by atoms with Crippen LogP contribution in [0.1, 0.15) is 5.69 Å². The van der Waals surface area contributed by atoms with Gasteiger partial charge >= 0.3 is 5.97 Å². The number of aliphatic carboxylic acids is 1. The third-order valence-electron chi connectivity index (χ3n) is 3.39. The van der Waals surface area contributed by atoms with E-state index in [0.717, 1.165) is 0 Å². The molecule has 3 N–H and O–H groups in total. The van der Waals surface area contributed by atoms with Crippen molar-refractivity contribution in [2.45, 2.75) is 18.6 Å². The molecule has 2 heterocycles. The minimum absolute atomic E-state index is 0.0270. The van der Waals surface area contributed by atoms with Crippen LogP contribution in [0.2, 0.25) is 0 Å². The summed E-state index contributed by atoms with van der Waals surface area (Å²) in [7, 11) is 0. The molecule has 1 aliphatic heterocycles. The van der Waals surface area contributed by atoms with Crippen molar-refractivity contribution < 1.29 is 24.2 Å². The molecule has 0 radical (unpaired) electrons. The van der Waals surface area contributed by atoms with Crippen LogP contribution < -0.4 is 14.8 Å². The third kappa shape index (κ3) is 3.42. The van der Waals surface area contributed by atoms with Gasteiger partial charge in [-0.3, -0.25) is 4.79 Å². The lowest BCUT2D eigenvalue weighted by Gasteiger charge is -2.26. The first-order chi connectivity index (χ1) is 11.1. The fourth-order valence-corrected chi connectivity index (χ4v) is 2.23. The van der Waals surface area contributed by atoms with E-state index in [0.29, 0.717) is 17.2 Å². The Balaban J connectivity index is 1.64. The molecule has 1 aliphatic rings. The van der Waals surface area contributed by atoms with Crippen molar-refractivity contribution in [3.63, 3.8) is 0 Å². The summed E-state index contributed by atoms with van der Waals surface area (Å²) >= 11 is 0. The maximum Gasteiger partial charge on any atom is 0.326 e. The maximum atomic E-state index is 12.2. The van der Waals surface area contributed by atoms with Crippen molar-refractivity contribution in [1.82, 2.24) is 15.3 Å². The Morgan fingerprint density at radius 3 is 2.87 bits per heavy atom. The first-order valence-electron chi connectivity index (χ1n) is 7.02. The summed E-state index contributed by atoms with van der Waals surface area (Å²) in [5.74, 6) is -0.653. The molecule has 1 amide bonds. The van der Waals surface area contributed by atoms with E-state index >= 15 is 0 Å². The van der Waals surface area contributed by atoms with Crippen molar-refractivity contribution in [3.05, 3.63) is 42.5 Å². The number of ether oxygens (including phenoxy) is 2. The van der Waals surface area contributed by atoms with Gasteiger partial charge in [0.2, 0.25) is 6.10 Å². The molecule has 0 bridgehead atoms. The van der Waals surface area contributed by atoms with Gasteiger partial charge in [0, 0.05) is 18.3 Å². The van der Waals surface area contributed by atoms with E-state index < -0.39 is 24.0 Å². The van der Waals surface area contributed by atoms with Gasteiger partial charge in [-0.25, -0.2) is 9.78 Å². The van der Waals surface area contributed by atoms with E-state index in [1.54, 1.807) is 24.3 Å². The minimum Gasteiger partial charge on any atom is -0.485 e. The first-order valence-corrected chi connectivity index (χ1v) is 7.02. The Kier molecular flexibility index (Phi) is 4.13. The van der Waals surface area contributed by atoms with Crippen LogP contribution in [0, 0.1) is 0 Å². The minimum atomic E-state index is -1.13. The molecule has 2 atom stereocenters. The lowest BCUT2D eigenvalue weighted by Crippen LogP contribution is -2.50. The number of aromatic nitrogens is 2. The number of hydrogen-bond acceptors (Lipinski definition) is 5. The molecule has 0 fully saturated rings. The van der Waals surface area contributed by atoms with Gasteiger partial charge in [-0.1, -0.05) is 12.1 Å². The molecule has 23 heavy (non-hydrogen) atoms. The number of hydrogen-bond donors (Lipinski definition) is 3. The van der Waals surface area contributed by atoms with Crippen LogP contribution in [0.4, 0.5) is 0 Å². The molecule has 0 spiro atoms. The third-order valence-corrected chi connectivity index (χ3v) is 3.39. The Bertz CT molecular complexity index is 701. The summed E-state index contributed by atoms with van der Waals surface area (Å²) in [5.41, 5.74) is 0.615. The van der Waals surface area contributed by atoms with Gasteiger partial charge in [0.25, 0.3) is 5.91 Å². The number of nitrogens with one attached hydrogen (secondary N) is 2. The zero-order valence-corrected chi connectivity index (χ0v) is 12.1. The predicted molar refractivity (Wildman–Crippen MR) is 78.2 cm³/mol. The molecule has 2 unspecified atom stereocenters. The van der Waals surface area contributed by atoms with Gasteiger partial charge in [0.05, 0.1) is 6.33 Å². The molecular weight excluding hydrogens is 302 g/mol. The van der Waals surface area contributed by atoms with E-state index in [9.17, 15) is 14.7 Å². The number of imidazole rings is 1. The van der Waals surface area contributed by atoms with E-state index in [4.69, 9.17) is 9.47 Å². The fourth-order valence-electron chi connectivity index (χ4n) is 2.23. The second kappa shape index (κ2) is 6.39. The monoisotopic (exact) mass is 317 g/mol. The molecule has 3 rings (SSSR count). The van der Waals surface area contributed by atoms with Gasteiger partial charge in [-0.05, 0) is 12.1 Å². The van der Waals surface area contributed by atoms with Crippen molar-refractivity contribution in [1.29, 1.82) is 0 Å². The lowest BCUT2D eigenvalue weighted by molar-refractivity contribution is -0.143. The number of para-hydroxylation sites is 2. The van der Waals surface area contributed by atoms with Crippen LogP contribution in [-0.2, 0) is 16.0 Å². The van der Waals surface area contributed by atoms with Crippen LogP contribution >= 0.6 is 0 Å². The zero-order chi connectivity index (χ0) is 16.2. The van der Waals surface area contributed by atoms with Gasteiger partial charge in [0.15, 0.2) is 11.5 Å². The Labute approximate surface area is 131 Å². The van der Waals surface area contributed by atoms with Crippen molar-refractivity contribution in [2.75, 3.05) is 6.61 Å². The number of benzene rings is 1. The smallest absolute Gasteiger partial charge is 0.326 e. The number of H-pyrrole nitrogens is 1. The molecule has 2 aromatic rings. The van der Waals surface area contributed by atoms with Crippen LogP contribution in [0.3, 0.4) is 0 Å². The molecular formula is C15H15N3O5. The average molecular weight is 317 g/mol. The van der Waals surface area contributed by atoms with Crippen LogP contribution in [0.25, 0.3) is 0 Å². The van der Waals surface area contributed by atoms with Crippen molar-refractivity contribution in [2.24, 2.45) is 0 Å². The van der Waals surface area contributed by atoms with E-state index in [1.165, 1.54) is 12.5 Å². The quantitative estimate of drug-likeness (QED) is 0.734. The number of carbonyl (C=O) groups is 2. The molecule has 0 saturated heterocycles. The summed E-state index contributed by atoms with van der Waals surface area (Å²) in [4.78, 5) is 30.2. The molecule has 0 aliphatic carbocycles. The van der Waals surface area contributed by atoms with Gasteiger partial charge in [0.1, 0.15) is 12.6 Å². The van der Waals surface area contributed by atoms with Crippen LogP contribution in [0.5, 0.6) is 11.5 Å². The van der Waals surface area contributed by atoms with Crippen LogP contribution in [0.15, 0.2) is 36.8 Å². The number of rotatable bonds is 5. The second-order valence-corrected chi connectivity index (χ2v) is 5.04. The number of carboxylic acid groups (broad SMARTS) is 1. The second-order valence-electron chi connectivity index (χ2n) is 5.04. The summed E-state index contributed by atoms with van der Waals surface area (Å²) in [6.07, 6.45) is 2.17. The highest BCUT2D eigenvalue weighted by Crippen LogP contribution is 2.30. The molecule has 0 saturated carbocycles. The summed E-state index contributed by atoms with van der Waals surface area (Å²) in [6, 6.07) is 5.91. The Morgan fingerprint density at radius 2 is 2.17 bits per heavy atom. The number of fused-ring (bicyclic) bond motifs is 1. The highest BCUT2D eigenvalue weighted by Gasteiger charge is 2.30. The van der Waals surface area contributed by atoms with E-state index in [1.807, 2.05) is 0 Å². The van der Waals surface area contributed by atoms with E-state index in [-0.39, 0.29) is 13.0 Å². The van der Waals surface area contributed by atoms with Gasteiger partial charge in [-0.2, -0.15) is 0 Å². The maximum absolute atomic E-state index is 12.2. The average Bonchev–Trinajstić information content (AvgIpc) is 3.06. The Hall–Kier alpha value is -3.03. The zero-order valence-electron chi connectivity index (χ0n) is 12.1. The Morgan fingerprint density at radius 1 is 1.39 bits per heavy atom. The van der Waals surface area contributed by atoms with Crippen molar-refractivity contribution >= 4 is 11.9 Å². The number of carbonyl (C=O) groups excluding carboxylic acids is 1. The summed E-state index contributed by atoms with van der Waals surface area (Å²) in [6.45, 7) is 0.0270. The highest BCUT2D eigenvalue weighted by molar-refractivity contribution is 5.87. The number of aromatic amines is 1. The molecule has 1 aromatic carbocycles. The number of carboxylic acids is 1. The van der Waals surface area contributed by atoms with E-state index in [2.05, 4.69) is 15.3 Å². The first kappa shape index (κ1) is 14.9. The molecule has 120 valence electrons. The van der Waals surface area contributed by atoms with Gasteiger partial charge < -0.3 is 24.9 Å². The number of amides is 1. The van der Waals surface area contributed by atoms with Crippen molar-refractivity contribution in [3.8, 4) is 11.5 Å². The summed E-state index contributed by atoms with van der Waals surface area (Å²) in [5, 5.41) is 11.7. The topological polar surface area (TPSA) is 114 Å². The van der Waals surface area contributed by atoms with Gasteiger partial charge in [-0.15, -0.1) is 0 Å². The largest absolute Gasteiger partial charge is 0.485 e. The number of nitrogens with zero attached hydrogens (tertiary/aromatic N) is 1. The molecule has 8 heteroatoms. The van der Waals surface area contributed by atoms with Crippen LogP contribution in [-0.4, -0.2) is 45.7 Å². The predicted octanol–water partition coefficient (Wildman–Crippen LogP) is 0.362. The SMILES string of the molecule is O=C(O)C(Cc1cnc[nH]1)NC(=O)C1COc2ccccc2O1. The normalized spacial score (nSPS) is 17.3. The summed E-state index contributed by atoms with van der Waals surface area (Å²) < 4.78 is 11.0. The lowest BCUT2D eigenvalue weighted by atomic mass is 10.1. The standard InChI is InChI=1S/C15H15N3O5/c19-14(13-7-22-11-3-1-2-4-12(11)23-13)18-10(15(20)21)5-9-6-16-8-17-9/h1-4,6,8,10,13H,5,7H2,(H,16,17)(H,18,19)(H,20,21). The highest BCUT2D eigenvalue weighted by atomic mass is 16.6. The molecule has 8 nitrogen and oxygen atoms in total. The fraction of sp³-hybridized carbons (Fsp3) is 0.267.